The fourth-order valence-electron chi connectivity index (χ4n) is 3.60. The predicted octanol–water partition coefficient (Wildman–Crippen LogP) is 2.29. The van der Waals surface area contributed by atoms with Crippen molar-refractivity contribution in [2.45, 2.75) is 39.7 Å². The van der Waals surface area contributed by atoms with Crippen LogP contribution in [-0.2, 0) is 0 Å². The molecule has 4 nitrogen and oxygen atoms in total. The van der Waals surface area contributed by atoms with Crippen molar-refractivity contribution in [2.24, 2.45) is 5.92 Å². The van der Waals surface area contributed by atoms with Gasteiger partial charge in [0.25, 0.3) is 11.8 Å². The third kappa shape index (κ3) is 2.18. The van der Waals surface area contributed by atoms with Gasteiger partial charge in [0.15, 0.2) is 0 Å². The van der Waals surface area contributed by atoms with E-state index in [-0.39, 0.29) is 17.9 Å². The van der Waals surface area contributed by atoms with Crippen LogP contribution in [0, 0.1) is 19.8 Å². The molecule has 0 aliphatic carbocycles. The number of piperidine rings is 1. The van der Waals surface area contributed by atoms with Crippen molar-refractivity contribution < 1.29 is 9.59 Å². The summed E-state index contributed by atoms with van der Waals surface area (Å²) in [7, 11) is 0. The van der Waals surface area contributed by atoms with Crippen LogP contribution < -0.4 is 5.32 Å². The van der Waals surface area contributed by atoms with Crippen molar-refractivity contribution in [3.05, 3.63) is 34.4 Å². The molecule has 0 saturated carbocycles. The number of fused-ring (bicyclic) bond motifs is 1. The molecule has 1 aromatic carbocycles. The molecule has 1 unspecified atom stereocenters. The Hall–Kier alpha value is -1.68. The molecule has 2 amide bonds. The maximum Gasteiger partial charge on any atom is 0.262 e. The van der Waals surface area contributed by atoms with Crippen LogP contribution in [0.3, 0.4) is 0 Å². The highest BCUT2D eigenvalue weighted by molar-refractivity contribution is 6.22. The molecule has 112 valence electrons. The van der Waals surface area contributed by atoms with Crippen LogP contribution in [0.1, 0.15) is 51.6 Å². The highest BCUT2D eigenvalue weighted by Gasteiger charge is 2.42. The van der Waals surface area contributed by atoms with Gasteiger partial charge < -0.3 is 5.32 Å². The van der Waals surface area contributed by atoms with Crippen molar-refractivity contribution in [1.82, 2.24) is 10.2 Å². The number of nitrogens with one attached hydrogen (secondary N) is 1. The predicted molar refractivity (Wildman–Crippen MR) is 81.5 cm³/mol. The minimum absolute atomic E-state index is 0.0294. The van der Waals surface area contributed by atoms with Crippen molar-refractivity contribution in [2.75, 3.05) is 13.1 Å². The summed E-state index contributed by atoms with van der Waals surface area (Å²) in [5.74, 6) is 0.179. The number of benzene rings is 1. The number of hydrogen-bond donors (Lipinski definition) is 1. The lowest BCUT2D eigenvalue weighted by atomic mass is 9.90. The molecular formula is C17H22N2O2. The minimum Gasteiger partial charge on any atom is -0.317 e. The van der Waals surface area contributed by atoms with E-state index in [4.69, 9.17) is 0 Å². The molecule has 3 rings (SSSR count). The van der Waals surface area contributed by atoms with Gasteiger partial charge in [0, 0.05) is 6.04 Å². The van der Waals surface area contributed by atoms with E-state index in [1.807, 2.05) is 32.9 Å². The molecule has 0 bridgehead atoms. The fraction of sp³-hybridized carbons (Fsp3) is 0.529. The Labute approximate surface area is 125 Å². The van der Waals surface area contributed by atoms with E-state index < -0.39 is 0 Å². The second-order valence-corrected chi connectivity index (χ2v) is 6.26. The van der Waals surface area contributed by atoms with Crippen LogP contribution in [0.5, 0.6) is 0 Å². The van der Waals surface area contributed by atoms with E-state index in [1.54, 1.807) is 0 Å². The number of hydrogen-bond acceptors (Lipinski definition) is 3. The van der Waals surface area contributed by atoms with E-state index in [0.717, 1.165) is 37.1 Å². The Morgan fingerprint density at radius 2 is 1.52 bits per heavy atom. The average Bonchev–Trinajstić information content (AvgIpc) is 2.76. The first-order chi connectivity index (χ1) is 10.0. The number of carbonyl (C=O) groups excluding carboxylic acids is 2. The zero-order chi connectivity index (χ0) is 15.1. The van der Waals surface area contributed by atoms with Crippen molar-refractivity contribution in [1.29, 1.82) is 0 Å². The molecule has 2 heterocycles. The molecule has 1 fully saturated rings. The summed E-state index contributed by atoms with van der Waals surface area (Å²) in [5, 5.41) is 3.33. The van der Waals surface area contributed by atoms with Crippen LogP contribution in [0.15, 0.2) is 12.1 Å². The van der Waals surface area contributed by atoms with Gasteiger partial charge in [-0.3, -0.25) is 14.5 Å². The minimum atomic E-state index is -0.109. The number of nitrogens with zero attached hydrogens (tertiary/aromatic N) is 1. The molecular weight excluding hydrogens is 264 g/mol. The molecule has 2 aliphatic heterocycles. The van der Waals surface area contributed by atoms with Gasteiger partial charge in [0.05, 0.1) is 11.1 Å². The number of aryl methyl sites for hydroxylation is 2. The summed E-state index contributed by atoms with van der Waals surface area (Å²) >= 11 is 0. The molecule has 0 aromatic heterocycles. The largest absolute Gasteiger partial charge is 0.317 e. The summed E-state index contributed by atoms with van der Waals surface area (Å²) in [6.07, 6.45) is 2.04. The van der Waals surface area contributed by atoms with Gasteiger partial charge in [-0.1, -0.05) is 12.1 Å². The molecule has 21 heavy (non-hydrogen) atoms. The van der Waals surface area contributed by atoms with Crippen molar-refractivity contribution in [3.63, 3.8) is 0 Å². The highest BCUT2D eigenvalue weighted by Crippen LogP contribution is 2.33. The van der Waals surface area contributed by atoms with Gasteiger partial charge >= 0.3 is 0 Å². The average molecular weight is 286 g/mol. The second-order valence-electron chi connectivity index (χ2n) is 6.26. The highest BCUT2D eigenvalue weighted by atomic mass is 16.2. The number of imide groups is 1. The second kappa shape index (κ2) is 5.26. The molecule has 0 radical (unpaired) electrons. The van der Waals surface area contributed by atoms with Gasteiger partial charge in [-0.2, -0.15) is 0 Å². The first-order valence-corrected chi connectivity index (χ1v) is 7.71. The molecule has 1 atom stereocenters. The molecule has 0 spiro atoms. The van der Waals surface area contributed by atoms with Crippen LogP contribution in [0.25, 0.3) is 0 Å². The van der Waals surface area contributed by atoms with Gasteiger partial charge in [0.2, 0.25) is 0 Å². The maximum absolute atomic E-state index is 12.8. The van der Waals surface area contributed by atoms with E-state index in [0.29, 0.717) is 17.0 Å². The lowest BCUT2D eigenvalue weighted by Crippen LogP contribution is -2.45. The molecule has 1 N–H and O–H groups in total. The smallest absolute Gasteiger partial charge is 0.262 e. The quantitative estimate of drug-likeness (QED) is 0.849. The van der Waals surface area contributed by atoms with Gasteiger partial charge in [-0.15, -0.1) is 0 Å². The maximum atomic E-state index is 12.8. The molecule has 4 heteroatoms. The Kier molecular flexibility index (Phi) is 3.57. The Morgan fingerprint density at radius 1 is 1.05 bits per heavy atom. The number of amides is 2. The third-order valence-corrected chi connectivity index (χ3v) is 4.96. The van der Waals surface area contributed by atoms with Crippen LogP contribution in [-0.4, -0.2) is 35.8 Å². The van der Waals surface area contributed by atoms with Crippen LogP contribution in [0.2, 0.25) is 0 Å². The normalized spacial score (nSPS) is 20.8. The van der Waals surface area contributed by atoms with Crippen molar-refractivity contribution in [3.8, 4) is 0 Å². The van der Waals surface area contributed by atoms with Gasteiger partial charge in [-0.25, -0.2) is 0 Å². The topological polar surface area (TPSA) is 49.4 Å². The monoisotopic (exact) mass is 286 g/mol. The SMILES string of the molecule is Cc1ccc(C)c2c1C(=O)N(C(C)C1CCNCC1)C2=O. The van der Waals surface area contributed by atoms with Crippen LogP contribution >= 0.6 is 0 Å². The summed E-state index contributed by atoms with van der Waals surface area (Å²) in [6, 6.07) is 3.83. The fourth-order valence-corrected chi connectivity index (χ4v) is 3.60. The van der Waals surface area contributed by atoms with E-state index in [1.165, 1.54) is 4.90 Å². The summed E-state index contributed by atoms with van der Waals surface area (Å²) in [5.41, 5.74) is 3.02. The first-order valence-electron chi connectivity index (χ1n) is 7.71. The Balaban J connectivity index is 1.96. The van der Waals surface area contributed by atoms with Gasteiger partial charge in [-0.05, 0) is 63.7 Å². The molecule has 1 aromatic rings. The lowest BCUT2D eigenvalue weighted by molar-refractivity contribution is 0.0524. The first kappa shape index (κ1) is 14.3. The van der Waals surface area contributed by atoms with Crippen molar-refractivity contribution >= 4 is 11.8 Å². The Bertz CT molecular complexity index is 562. The summed E-state index contributed by atoms with van der Waals surface area (Å²) < 4.78 is 0. The molecule has 1 saturated heterocycles. The Morgan fingerprint density at radius 3 is 2.00 bits per heavy atom. The lowest BCUT2D eigenvalue weighted by Gasteiger charge is -2.33. The van der Waals surface area contributed by atoms with E-state index in [2.05, 4.69) is 5.32 Å². The van der Waals surface area contributed by atoms with E-state index in [9.17, 15) is 9.59 Å². The van der Waals surface area contributed by atoms with Crippen LogP contribution in [0.4, 0.5) is 0 Å². The summed E-state index contributed by atoms with van der Waals surface area (Å²) in [4.78, 5) is 27.0. The summed E-state index contributed by atoms with van der Waals surface area (Å²) in [6.45, 7) is 7.76. The number of carbonyl (C=O) groups is 2. The standard InChI is InChI=1S/C17H22N2O2/c1-10-4-5-11(2)15-14(10)16(20)19(17(15)21)12(3)13-6-8-18-9-7-13/h4-5,12-13,18H,6-9H2,1-3H3. The zero-order valence-corrected chi connectivity index (χ0v) is 12.9. The molecule has 2 aliphatic rings. The zero-order valence-electron chi connectivity index (χ0n) is 12.9. The number of rotatable bonds is 2. The van der Waals surface area contributed by atoms with Gasteiger partial charge in [0.1, 0.15) is 0 Å². The third-order valence-electron chi connectivity index (χ3n) is 4.96. The van der Waals surface area contributed by atoms with E-state index >= 15 is 0 Å².